The summed E-state index contributed by atoms with van der Waals surface area (Å²) in [5.74, 6) is -10.6. The maximum absolute atomic E-state index is 9.77. The molecular formula is C12H38La2O28. The van der Waals surface area contributed by atoms with Gasteiger partial charge in [0.2, 0.25) is 0 Å². The van der Waals surface area contributed by atoms with Gasteiger partial charge in [0.1, 0.15) is 0 Å². The van der Waals surface area contributed by atoms with Crippen molar-refractivity contribution in [3.63, 3.8) is 0 Å². The van der Waals surface area contributed by atoms with E-state index in [4.69, 9.17) is 61.3 Å². The predicted molar refractivity (Wildman–Crippen MR) is 118 cm³/mol. The molecule has 32 N–H and O–H groups in total. The number of aliphatic hydroxyl groups is 6. The van der Waals surface area contributed by atoms with Crippen LogP contribution < -0.4 is 0 Å². The van der Waals surface area contributed by atoms with Crippen LogP contribution in [0, 0.1) is 71.2 Å². The molecule has 0 aromatic rings. The largest absolute Gasteiger partial charge is 0.479 e. The van der Waals surface area contributed by atoms with Crippen molar-refractivity contribution in [1.82, 2.24) is 0 Å². The van der Waals surface area contributed by atoms with Gasteiger partial charge in [0, 0.05) is 71.2 Å². The minimum absolute atomic E-state index is 0. The second kappa shape index (κ2) is 49.3. The van der Waals surface area contributed by atoms with Gasteiger partial charge in [-0.05, 0) is 0 Å². The van der Waals surface area contributed by atoms with Gasteiger partial charge in [-0.3, -0.25) is 0 Å². The van der Waals surface area contributed by atoms with Crippen LogP contribution in [0.1, 0.15) is 0 Å². The molecule has 6 unspecified atom stereocenters. The van der Waals surface area contributed by atoms with Crippen molar-refractivity contribution in [3.8, 4) is 0 Å². The summed E-state index contributed by atoms with van der Waals surface area (Å²) in [4.78, 5) is 58.6. The summed E-state index contributed by atoms with van der Waals surface area (Å²) in [6.07, 6.45) is -13.6. The third-order valence-electron chi connectivity index (χ3n) is 2.42. The van der Waals surface area contributed by atoms with Gasteiger partial charge in [-0.1, -0.05) is 0 Å². The van der Waals surface area contributed by atoms with Crippen molar-refractivity contribution in [2.75, 3.05) is 0 Å². The molecule has 0 aromatic heterocycles. The molecule has 260 valence electrons. The van der Waals surface area contributed by atoms with Crippen molar-refractivity contribution in [2.24, 2.45) is 0 Å². The number of aliphatic carboxylic acids is 6. The Labute approximate surface area is 286 Å². The summed E-state index contributed by atoms with van der Waals surface area (Å²) in [6.45, 7) is 0. The van der Waals surface area contributed by atoms with Crippen molar-refractivity contribution in [3.05, 3.63) is 0 Å². The summed E-state index contributed by atoms with van der Waals surface area (Å²) < 4.78 is 0. The maximum atomic E-state index is 9.77. The van der Waals surface area contributed by atoms with Gasteiger partial charge < -0.3 is 116 Å². The number of carboxylic acid groups (broad SMARTS) is 6. The molecule has 0 aromatic carbocycles. The average molecular weight is 908 g/mol. The van der Waals surface area contributed by atoms with Crippen LogP contribution in [0.2, 0.25) is 0 Å². The number of hydrogen-bond donors (Lipinski definition) is 12. The molecule has 6 atom stereocenters. The van der Waals surface area contributed by atoms with Gasteiger partial charge in [0.25, 0.3) is 0 Å². The Kier molecular flexibility index (Phi) is 114. The maximum Gasteiger partial charge on any atom is 0.335 e. The van der Waals surface area contributed by atoms with Crippen LogP contribution in [-0.4, -0.2) is 188 Å². The van der Waals surface area contributed by atoms with Gasteiger partial charge in [-0.25, -0.2) is 28.8 Å². The monoisotopic (exact) mass is 908 g/mol. The molecule has 28 nitrogen and oxygen atoms in total. The molecule has 2 radical (unpaired) electrons. The zero-order chi connectivity index (χ0) is 24.9. The molecule has 0 bridgehead atoms. The van der Waals surface area contributed by atoms with Crippen LogP contribution in [0.3, 0.4) is 0 Å². The van der Waals surface area contributed by atoms with Crippen LogP contribution in [-0.2, 0) is 28.8 Å². The quantitative estimate of drug-likeness (QED) is 0.102. The van der Waals surface area contributed by atoms with Gasteiger partial charge in [-0.15, -0.1) is 0 Å². The molecule has 0 spiro atoms. The fraction of sp³-hybridized carbons (Fsp3) is 0.500. The smallest absolute Gasteiger partial charge is 0.335 e. The number of carboxylic acids is 6. The zero-order valence-electron chi connectivity index (χ0n) is 20.4. The topological polar surface area (TPSA) is 660 Å². The first-order valence-corrected chi connectivity index (χ1v) is 6.85. The first kappa shape index (κ1) is 97.2. The van der Waals surface area contributed by atoms with Gasteiger partial charge >= 0.3 is 35.8 Å². The van der Waals surface area contributed by atoms with Crippen molar-refractivity contribution in [2.45, 2.75) is 36.6 Å². The molecule has 42 heavy (non-hydrogen) atoms. The molecule has 0 saturated heterocycles. The second-order valence-electron chi connectivity index (χ2n) is 4.70. The Bertz CT molecular complexity index is 505. The molecule has 0 aliphatic heterocycles. The molecule has 0 heterocycles. The Morgan fingerprint density at radius 1 is 0.262 bits per heavy atom. The Hall–Kier alpha value is -1.43. The second-order valence-corrected chi connectivity index (χ2v) is 4.70. The number of hydrogen-bond acceptors (Lipinski definition) is 12. The molecule has 0 fully saturated rings. The summed E-state index contributed by atoms with van der Waals surface area (Å²) >= 11 is 0. The van der Waals surface area contributed by atoms with E-state index in [2.05, 4.69) is 0 Å². The van der Waals surface area contributed by atoms with E-state index in [1.54, 1.807) is 0 Å². The zero-order valence-corrected chi connectivity index (χ0v) is 27.7. The number of aliphatic hydroxyl groups excluding tert-OH is 6. The Balaban J connectivity index is -0.0000000175. The minimum Gasteiger partial charge on any atom is -0.479 e. The Morgan fingerprint density at radius 3 is 0.333 bits per heavy atom. The van der Waals surface area contributed by atoms with Gasteiger partial charge in [0.05, 0.1) is 0 Å². The van der Waals surface area contributed by atoms with Crippen molar-refractivity contribution in [1.29, 1.82) is 0 Å². The summed E-state index contributed by atoms with van der Waals surface area (Å²) in [7, 11) is 0. The van der Waals surface area contributed by atoms with Crippen LogP contribution in [0.4, 0.5) is 0 Å². The van der Waals surface area contributed by atoms with Gasteiger partial charge in [0.15, 0.2) is 36.6 Å². The van der Waals surface area contributed by atoms with E-state index in [1.807, 2.05) is 0 Å². The summed E-state index contributed by atoms with van der Waals surface area (Å²) in [5, 5.41) is 97.6. The van der Waals surface area contributed by atoms with Crippen LogP contribution >= 0.6 is 0 Å². The fourth-order valence-corrected chi connectivity index (χ4v) is 0.810. The van der Waals surface area contributed by atoms with E-state index in [-0.39, 0.29) is 126 Å². The minimum atomic E-state index is -2.27. The van der Waals surface area contributed by atoms with Crippen molar-refractivity contribution < 1.29 is 216 Å². The molecule has 30 heteroatoms. The summed E-state index contributed by atoms with van der Waals surface area (Å²) in [5.41, 5.74) is 0. The number of carbonyl (C=O) groups is 6. The molecule has 0 saturated carbocycles. The first-order valence-electron chi connectivity index (χ1n) is 6.85. The normalized spacial score (nSPS) is 11.3. The van der Waals surface area contributed by atoms with Gasteiger partial charge in [-0.2, -0.15) is 0 Å². The van der Waals surface area contributed by atoms with E-state index in [0.717, 1.165) is 0 Å². The molecule has 0 aliphatic rings. The molecule has 0 rings (SSSR count). The molecular weight excluding hydrogens is 870 g/mol. The van der Waals surface area contributed by atoms with E-state index < -0.39 is 72.4 Å². The SMILES string of the molecule is O.O.O.O.O.O.O.O.O.O.O=C(O)C(O)C(O)C(=O)O.O=C(O)C(O)C(O)C(=O)O.O=C(O)C(O)C(O)C(=O)O.[La].[La]. The van der Waals surface area contributed by atoms with Crippen LogP contribution in [0.5, 0.6) is 0 Å². The average Bonchev–Trinajstić information content (AvgIpc) is 2.64. The van der Waals surface area contributed by atoms with Crippen molar-refractivity contribution >= 4 is 35.8 Å². The third kappa shape index (κ3) is 45.6. The Morgan fingerprint density at radius 2 is 0.310 bits per heavy atom. The van der Waals surface area contributed by atoms with Crippen LogP contribution in [0.25, 0.3) is 0 Å². The van der Waals surface area contributed by atoms with E-state index in [1.165, 1.54) is 0 Å². The first-order chi connectivity index (χ1) is 13.4. The van der Waals surface area contributed by atoms with E-state index in [9.17, 15) is 28.8 Å². The fourth-order valence-electron chi connectivity index (χ4n) is 0.810. The third-order valence-corrected chi connectivity index (χ3v) is 2.42. The standard InChI is InChI=1S/3C4H6O6.2La.10H2O/c3*5-1(3(7)8)2(6)4(9)10;;;;;;;;;;;;/h3*1-2,5-6H,(H,7,8)(H,9,10);;;10*1H2. The summed E-state index contributed by atoms with van der Waals surface area (Å²) in [6, 6.07) is 0. The van der Waals surface area contributed by atoms with E-state index in [0.29, 0.717) is 0 Å². The molecule has 0 amide bonds. The number of rotatable bonds is 9. The van der Waals surface area contributed by atoms with Crippen LogP contribution in [0.15, 0.2) is 0 Å². The molecule has 0 aliphatic carbocycles. The van der Waals surface area contributed by atoms with E-state index >= 15 is 0 Å². The predicted octanol–water partition coefficient (Wildman–Crippen LogP) is -14.6.